The third kappa shape index (κ3) is 6.49. The SMILES string of the molecule is C.[C-]#[N+]c1cc(N2CCc3cc(OCc4ccnc(NS(C)(=O)=O)n4)ccc32)cc(Cl)c1OCCCl. The van der Waals surface area contributed by atoms with Gasteiger partial charge in [0.15, 0.2) is 0 Å². The molecule has 1 aliphatic rings. The number of alkyl halides is 1. The van der Waals surface area contributed by atoms with Crippen LogP contribution in [0.15, 0.2) is 42.6 Å². The summed E-state index contributed by atoms with van der Waals surface area (Å²) in [4.78, 5) is 13.7. The summed E-state index contributed by atoms with van der Waals surface area (Å²) in [6.07, 6.45) is 3.29. The molecule has 36 heavy (non-hydrogen) atoms. The Morgan fingerprint density at radius 3 is 2.75 bits per heavy atom. The van der Waals surface area contributed by atoms with Crippen LogP contribution in [0.25, 0.3) is 4.85 Å². The van der Waals surface area contributed by atoms with Crippen LogP contribution < -0.4 is 19.1 Å². The van der Waals surface area contributed by atoms with Crippen LogP contribution in [-0.2, 0) is 23.1 Å². The molecule has 0 saturated heterocycles. The topological polar surface area (TPSA) is 98.0 Å². The molecule has 190 valence electrons. The molecule has 2 heterocycles. The van der Waals surface area contributed by atoms with Crippen molar-refractivity contribution < 1.29 is 17.9 Å². The Kier molecular flexibility index (Phi) is 8.84. The lowest BCUT2D eigenvalue weighted by Crippen LogP contribution is -2.13. The molecule has 9 nitrogen and oxygen atoms in total. The fourth-order valence-electron chi connectivity index (χ4n) is 3.67. The molecule has 0 spiro atoms. The molecule has 1 aromatic heterocycles. The highest BCUT2D eigenvalue weighted by molar-refractivity contribution is 7.91. The number of hydrogen-bond donors (Lipinski definition) is 1. The second-order valence-corrected chi connectivity index (χ2v) is 10.2. The lowest BCUT2D eigenvalue weighted by Gasteiger charge is -2.22. The third-order valence-corrected chi connectivity index (χ3v) is 6.08. The monoisotopic (exact) mass is 549 g/mol. The van der Waals surface area contributed by atoms with Gasteiger partial charge in [-0.1, -0.05) is 19.0 Å². The predicted molar refractivity (Wildman–Crippen MR) is 143 cm³/mol. The van der Waals surface area contributed by atoms with Gasteiger partial charge in [0.25, 0.3) is 0 Å². The number of nitrogens with zero attached hydrogens (tertiary/aromatic N) is 4. The first-order valence-corrected chi connectivity index (χ1v) is 13.3. The van der Waals surface area contributed by atoms with Gasteiger partial charge < -0.3 is 14.4 Å². The van der Waals surface area contributed by atoms with E-state index in [4.69, 9.17) is 39.2 Å². The first kappa shape index (κ1) is 27.3. The highest BCUT2D eigenvalue weighted by Gasteiger charge is 2.23. The molecule has 0 amide bonds. The number of hydrogen-bond acceptors (Lipinski definition) is 7. The zero-order valence-electron chi connectivity index (χ0n) is 18.7. The van der Waals surface area contributed by atoms with E-state index in [9.17, 15) is 8.42 Å². The highest BCUT2D eigenvalue weighted by atomic mass is 35.5. The van der Waals surface area contributed by atoms with Gasteiger partial charge in [0.1, 0.15) is 18.1 Å². The normalized spacial score (nSPS) is 12.3. The summed E-state index contributed by atoms with van der Waals surface area (Å²) in [6, 6.07) is 11.0. The summed E-state index contributed by atoms with van der Waals surface area (Å²) in [6.45, 7) is 8.65. The Morgan fingerprint density at radius 1 is 1.22 bits per heavy atom. The molecule has 0 unspecified atom stereocenters. The maximum absolute atomic E-state index is 11.4. The average molecular weight is 550 g/mol. The van der Waals surface area contributed by atoms with Gasteiger partial charge in [-0.05, 0) is 48.4 Å². The van der Waals surface area contributed by atoms with Crippen molar-refractivity contribution in [3.63, 3.8) is 0 Å². The summed E-state index contributed by atoms with van der Waals surface area (Å²) >= 11 is 12.1. The highest BCUT2D eigenvalue weighted by Crippen LogP contribution is 2.43. The Morgan fingerprint density at radius 2 is 2.03 bits per heavy atom. The zero-order valence-corrected chi connectivity index (χ0v) is 21.0. The number of halogens is 2. The molecule has 0 bridgehead atoms. The van der Waals surface area contributed by atoms with Gasteiger partial charge in [-0.15, -0.1) is 11.6 Å². The molecular formula is C24H25Cl2N5O4S. The maximum atomic E-state index is 11.4. The van der Waals surface area contributed by atoms with Crippen LogP contribution in [0.2, 0.25) is 5.02 Å². The van der Waals surface area contributed by atoms with Crippen molar-refractivity contribution in [1.82, 2.24) is 9.97 Å². The Balaban J connectivity index is 0.00000361. The molecule has 0 aliphatic carbocycles. The van der Waals surface area contributed by atoms with E-state index in [1.54, 1.807) is 18.2 Å². The number of nitrogens with one attached hydrogen (secondary N) is 1. The zero-order chi connectivity index (χ0) is 25.0. The van der Waals surface area contributed by atoms with Crippen LogP contribution in [0.4, 0.5) is 23.0 Å². The summed E-state index contributed by atoms with van der Waals surface area (Å²) in [5, 5.41) is 0.363. The van der Waals surface area contributed by atoms with E-state index in [1.807, 2.05) is 18.2 Å². The van der Waals surface area contributed by atoms with E-state index in [1.165, 1.54) is 6.20 Å². The smallest absolute Gasteiger partial charge is 0.236 e. The van der Waals surface area contributed by atoms with Gasteiger partial charge in [0.2, 0.25) is 21.7 Å². The summed E-state index contributed by atoms with van der Waals surface area (Å²) in [7, 11) is -3.47. The molecular weight excluding hydrogens is 525 g/mol. The fourth-order valence-corrected chi connectivity index (χ4v) is 4.44. The fraction of sp³-hybridized carbons (Fsp3) is 0.292. The van der Waals surface area contributed by atoms with Crippen LogP contribution in [0.3, 0.4) is 0 Å². The molecule has 4 rings (SSSR count). The second kappa shape index (κ2) is 11.6. The predicted octanol–water partition coefficient (Wildman–Crippen LogP) is 5.58. The molecule has 0 atom stereocenters. The van der Waals surface area contributed by atoms with Gasteiger partial charge in [-0.3, -0.25) is 4.72 Å². The summed E-state index contributed by atoms with van der Waals surface area (Å²) in [5.74, 6) is 1.30. The van der Waals surface area contributed by atoms with Crippen LogP contribution in [0.1, 0.15) is 18.7 Å². The molecule has 1 N–H and O–H groups in total. The molecule has 3 aromatic rings. The quantitative estimate of drug-likeness (QED) is 0.274. The standard InChI is InChI=1S/C23H21Cl2N5O4S.CH4/c1-26-20-13-17(12-19(25)22(20)33-10-7-24)30-9-6-15-11-18(3-4-21(15)30)34-14-16-5-8-27-23(28-16)29-35(2,31)32;/h3-5,8,11-13H,6-7,9-10,14H2,2H3,(H,27,28,29);1H4. The van der Waals surface area contributed by atoms with Gasteiger partial charge in [0, 0.05) is 24.1 Å². The lowest BCUT2D eigenvalue weighted by molar-refractivity contribution is 0.301. The van der Waals surface area contributed by atoms with Crippen molar-refractivity contribution >= 4 is 56.2 Å². The first-order chi connectivity index (χ1) is 16.8. The number of sulfonamides is 1. The maximum Gasteiger partial charge on any atom is 0.236 e. The molecule has 0 fully saturated rings. The van der Waals surface area contributed by atoms with E-state index in [0.29, 0.717) is 33.8 Å². The first-order valence-electron chi connectivity index (χ1n) is 10.5. The number of benzene rings is 2. The lowest BCUT2D eigenvalue weighted by atomic mass is 10.1. The van der Waals surface area contributed by atoms with Gasteiger partial charge >= 0.3 is 0 Å². The molecule has 0 saturated carbocycles. The number of anilines is 3. The van der Waals surface area contributed by atoms with Crippen LogP contribution >= 0.6 is 23.2 Å². The van der Waals surface area contributed by atoms with Crippen LogP contribution in [-0.4, -0.2) is 43.7 Å². The number of fused-ring (bicyclic) bond motifs is 1. The molecule has 12 heteroatoms. The average Bonchev–Trinajstić information content (AvgIpc) is 3.24. The minimum atomic E-state index is -3.47. The number of aromatic nitrogens is 2. The van der Waals surface area contributed by atoms with Crippen molar-refractivity contribution in [1.29, 1.82) is 0 Å². The molecule has 0 radical (unpaired) electrons. The van der Waals surface area contributed by atoms with Gasteiger partial charge in [-0.25, -0.2) is 23.2 Å². The molecule has 2 aromatic carbocycles. The van der Waals surface area contributed by atoms with E-state index in [2.05, 4.69) is 24.4 Å². The summed E-state index contributed by atoms with van der Waals surface area (Å²) in [5.41, 5.74) is 3.76. The van der Waals surface area contributed by atoms with Crippen molar-refractivity contribution in [2.24, 2.45) is 0 Å². The largest absolute Gasteiger partial charge is 0.502 e. The van der Waals surface area contributed by atoms with Crippen molar-refractivity contribution in [3.8, 4) is 11.5 Å². The van der Waals surface area contributed by atoms with E-state index in [-0.39, 0.29) is 26.6 Å². The van der Waals surface area contributed by atoms with Crippen molar-refractivity contribution in [2.75, 3.05) is 34.9 Å². The van der Waals surface area contributed by atoms with E-state index >= 15 is 0 Å². The van der Waals surface area contributed by atoms with Crippen molar-refractivity contribution in [2.45, 2.75) is 20.5 Å². The second-order valence-electron chi connectivity index (χ2n) is 7.65. The Labute approximate surface area is 220 Å². The minimum absolute atomic E-state index is 0. The van der Waals surface area contributed by atoms with Crippen molar-refractivity contribution in [3.05, 3.63) is 70.3 Å². The van der Waals surface area contributed by atoms with E-state index in [0.717, 1.165) is 36.2 Å². The third-order valence-electron chi connectivity index (χ3n) is 5.09. The van der Waals surface area contributed by atoms with E-state index < -0.39 is 10.0 Å². The minimum Gasteiger partial charge on any atom is -0.502 e. The number of rotatable bonds is 9. The number of ether oxygens (including phenoxy) is 2. The van der Waals surface area contributed by atoms with Crippen LogP contribution in [0.5, 0.6) is 11.5 Å². The van der Waals surface area contributed by atoms with Gasteiger partial charge in [-0.2, -0.15) is 0 Å². The molecule has 1 aliphatic heterocycles. The Hall–Kier alpha value is -3.26. The van der Waals surface area contributed by atoms with Crippen LogP contribution in [0, 0.1) is 6.57 Å². The Bertz CT molecular complexity index is 1400. The summed E-state index contributed by atoms with van der Waals surface area (Å²) < 4.78 is 36.4. The van der Waals surface area contributed by atoms with Gasteiger partial charge in [0.05, 0.1) is 36.0 Å².